The van der Waals surface area contributed by atoms with Crippen molar-refractivity contribution in [3.8, 4) is 6.07 Å². The summed E-state index contributed by atoms with van der Waals surface area (Å²) in [6.45, 7) is 2.07. The fourth-order valence-electron chi connectivity index (χ4n) is 4.25. The van der Waals surface area contributed by atoms with Gasteiger partial charge in [-0.25, -0.2) is 22.8 Å². The van der Waals surface area contributed by atoms with Crippen LogP contribution in [-0.4, -0.2) is 54.6 Å². The van der Waals surface area contributed by atoms with Crippen LogP contribution in [0.5, 0.6) is 0 Å². The molecule has 3 aromatic rings. The number of aromatic nitrogens is 3. The third kappa shape index (κ3) is 8.02. The van der Waals surface area contributed by atoms with Crippen molar-refractivity contribution < 1.29 is 37.0 Å². The van der Waals surface area contributed by atoms with Gasteiger partial charge < -0.3 is 19.3 Å². The Kier molecular flexibility index (Phi) is 10.7. The Morgan fingerprint density at radius 3 is 2.61 bits per heavy atom. The molecular formula is C27H26F3N4O5PS. The zero-order valence-corrected chi connectivity index (χ0v) is 23.4. The lowest BCUT2D eigenvalue weighted by Crippen LogP contribution is -2.45. The molecule has 216 valence electrons. The average molecular weight is 607 g/mol. The highest BCUT2D eigenvalue weighted by molar-refractivity contribution is 8.00. The minimum Gasteiger partial charge on any atom is -0.348 e. The first-order chi connectivity index (χ1) is 19.7. The number of nitrogens with zero attached hydrogens (tertiary/aromatic N) is 4. The maximum absolute atomic E-state index is 15.1. The van der Waals surface area contributed by atoms with Gasteiger partial charge in [-0.2, -0.15) is 10.4 Å². The zero-order valence-electron chi connectivity index (χ0n) is 21.7. The number of benzene rings is 2. The summed E-state index contributed by atoms with van der Waals surface area (Å²) in [5.41, 5.74) is -1.19. The smallest absolute Gasteiger partial charge is 0.328 e. The molecule has 2 heterocycles. The first kappa shape index (κ1) is 30.9. The van der Waals surface area contributed by atoms with E-state index in [1.54, 1.807) is 31.2 Å². The number of rotatable bonds is 11. The summed E-state index contributed by atoms with van der Waals surface area (Å²) >= 11 is 1.32. The van der Waals surface area contributed by atoms with Crippen LogP contribution in [0.4, 0.5) is 13.2 Å². The Morgan fingerprint density at radius 1 is 1.20 bits per heavy atom. The largest absolute Gasteiger partial charge is 0.348 e. The number of halogens is 3. The first-order valence-corrected chi connectivity index (χ1v) is 14.4. The fraction of sp³-hybridized carbons (Fsp3) is 0.296. The molecule has 14 heteroatoms. The van der Waals surface area contributed by atoms with Gasteiger partial charge in [0.05, 0.1) is 36.6 Å². The second-order valence-corrected chi connectivity index (χ2v) is 11.3. The normalized spacial score (nSPS) is 20.0. The van der Waals surface area contributed by atoms with Gasteiger partial charge >= 0.3 is 8.60 Å². The summed E-state index contributed by atoms with van der Waals surface area (Å²) in [4.78, 5) is 23.6. The van der Waals surface area contributed by atoms with Gasteiger partial charge in [-0.15, -0.1) is 11.8 Å². The van der Waals surface area contributed by atoms with Crippen molar-refractivity contribution >= 4 is 26.4 Å². The van der Waals surface area contributed by atoms with Crippen molar-refractivity contribution in [1.29, 1.82) is 5.26 Å². The van der Waals surface area contributed by atoms with Gasteiger partial charge in [-0.05, 0) is 24.3 Å². The first-order valence-electron chi connectivity index (χ1n) is 12.3. The molecule has 2 atom stereocenters. The second kappa shape index (κ2) is 14.2. The Bertz CT molecular complexity index is 1410. The molecule has 0 radical (unpaired) electrons. The Hall–Kier alpha value is -3.08. The highest BCUT2D eigenvalue weighted by Gasteiger charge is 2.46. The maximum atomic E-state index is 15.1. The fourth-order valence-corrected chi connectivity index (χ4v) is 6.29. The molecule has 0 saturated carbocycles. The van der Waals surface area contributed by atoms with E-state index in [0.717, 1.165) is 12.1 Å². The molecule has 9 nitrogen and oxygen atoms in total. The summed E-state index contributed by atoms with van der Waals surface area (Å²) in [5, 5.41) is 12.0. The SMILES string of the molecule is C[C@@H](S[C@H]1CO[C@H](/C=C/C=C/c2ccc(C#N)cc2F)OC1)[C@@](Cn1cncn1)(OP(O)O)c1ccc(F)cc1F. The molecule has 1 aromatic heterocycles. The molecular weight excluding hydrogens is 580 g/mol. The van der Waals surface area contributed by atoms with E-state index in [-0.39, 0.29) is 36.1 Å². The molecule has 1 saturated heterocycles. The number of ether oxygens (including phenoxy) is 2. The summed E-state index contributed by atoms with van der Waals surface area (Å²) in [5.74, 6) is -2.21. The zero-order chi connectivity index (χ0) is 29.4. The van der Waals surface area contributed by atoms with E-state index < -0.39 is 43.2 Å². The topological polar surface area (TPSA) is 123 Å². The number of allylic oxidation sites excluding steroid dienone is 2. The third-order valence-electron chi connectivity index (χ3n) is 6.23. The number of hydrogen-bond donors (Lipinski definition) is 2. The van der Waals surface area contributed by atoms with Crippen molar-refractivity contribution in [2.75, 3.05) is 13.2 Å². The Morgan fingerprint density at radius 2 is 1.98 bits per heavy atom. The van der Waals surface area contributed by atoms with Crippen molar-refractivity contribution in [1.82, 2.24) is 14.8 Å². The van der Waals surface area contributed by atoms with Crippen LogP contribution in [0.3, 0.4) is 0 Å². The third-order valence-corrected chi connectivity index (χ3v) is 8.16. The van der Waals surface area contributed by atoms with Crippen LogP contribution in [0, 0.1) is 28.8 Å². The van der Waals surface area contributed by atoms with Crippen molar-refractivity contribution in [2.24, 2.45) is 0 Å². The summed E-state index contributed by atoms with van der Waals surface area (Å²) in [6.07, 6.45) is 8.47. The standard InChI is InChI=1S/C27H26F3N4O5PS/c1-18(27(39-40(35)36,15-34-17-32-16-33-34)23-9-8-21(28)11-25(23)30)41-22-13-37-26(38-14-22)5-3-2-4-20-7-6-19(12-31)10-24(20)29/h2-11,16-18,22,26,35-36H,13-15H2,1H3/b4-2+,5-3+/t18-,22-,26-,27-/m1/s1. The van der Waals surface area contributed by atoms with E-state index in [0.29, 0.717) is 11.6 Å². The van der Waals surface area contributed by atoms with Gasteiger partial charge in [0.2, 0.25) is 0 Å². The average Bonchev–Trinajstić information content (AvgIpc) is 3.45. The van der Waals surface area contributed by atoms with Crippen LogP contribution in [0.25, 0.3) is 6.08 Å². The molecule has 0 aliphatic carbocycles. The highest BCUT2D eigenvalue weighted by atomic mass is 32.2. The highest BCUT2D eigenvalue weighted by Crippen LogP contribution is 2.48. The molecule has 1 aliphatic heterocycles. The molecule has 0 spiro atoms. The minimum atomic E-state index is -2.96. The van der Waals surface area contributed by atoms with Gasteiger partial charge in [-0.3, -0.25) is 4.52 Å². The molecule has 2 N–H and O–H groups in total. The lowest BCUT2D eigenvalue weighted by molar-refractivity contribution is -0.146. The van der Waals surface area contributed by atoms with E-state index in [9.17, 15) is 18.6 Å². The van der Waals surface area contributed by atoms with E-state index in [1.807, 2.05) is 6.07 Å². The maximum Gasteiger partial charge on any atom is 0.328 e. The molecule has 0 amide bonds. The Labute approximate surface area is 239 Å². The summed E-state index contributed by atoms with van der Waals surface area (Å²) < 4.78 is 61.4. The van der Waals surface area contributed by atoms with E-state index in [2.05, 4.69) is 10.1 Å². The van der Waals surface area contributed by atoms with Crippen LogP contribution in [0.2, 0.25) is 0 Å². The number of hydrogen-bond acceptors (Lipinski definition) is 9. The monoisotopic (exact) mass is 606 g/mol. The van der Waals surface area contributed by atoms with Crippen LogP contribution in [-0.2, 0) is 26.1 Å². The van der Waals surface area contributed by atoms with Gasteiger partial charge in [0.1, 0.15) is 35.7 Å². The molecule has 1 fully saturated rings. The van der Waals surface area contributed by atoms with Gasteiger partial charge in [0.15, 0.2) is 6.29 Å². The van der Waals surface area contributed by atoms with E-state index in [4.69, 9.17) is 19.3 Å². The molecule has 0 unspecified atom stereocenters. The predicted octanol–water partition coefficient (Wildman–Crippen LogP) is 4.82. The second-order valence-electron chi connectivity index (χ2n) is 8.98. The summed E-state index contributed by atoms with van der Waals surface area (Å²) in [7, 11) is -2.96. The lowest BCUT2D eigenvalue weighted by atomic mass is 9.90. The van der Waals surface area contributed by atoms with E-state index >= 15 is 4.39 Å². The van der Waals surface area contributed by atoms with Crippen LogP contribution >= 0.6 is 20.4 Å². The van der Waals surface area contributed by atoms with Crippen LogP contribution in [0.1, 0.15) is 23.6 Å². The summed E-state index contributed by atoms with van der Waals surface area (Å²) in [6, 6.07) is 9.06. The quantitative estimate of drug-likeness (QED) is 0.234. The molecule has 4 rings (SSSR count). The van der Waals surface area contributed by atoms with Crippen molar-refractivity contribution in [2.45, 2.75) is 35.9 Å². The van der Waals surface area contributed by atoms with Gasteiger partial charge in [-0.1, -0.05) is 37.3 Å². The van der Waals surface area contributed by atoms with Gasteiger partial charge in [0.25, 0.3) is 0 Å². The molecule has 1 aliphatic rings. The van der Waals surface area contributed by atoms with Gasteiger partial charge in [0, 0.05) is 22.4 Å². The Balaban J connectivity index is 1.43. The number of nitriles is 1. The molecule has 2 aromatic carbocycles. The van der Waals surface area contributed by atoms with Crippen molar-refractivity contribution in [3.05, 3.63) is 101 Å². The number of thioether (sulfide) groups is 1. The minimum absolute atomic E-state index is 0.0751. The predicted molar refractivity (Wildman–Crippen MR) is 146 cm³/mol. The van der Waals surface area contributed by atoms with Crippen LogP contribution < -0.4 is 0 Å². The van der Waals surface area contributed by atoms with Crippen LogP contribution in [0.15, 0.2) is 67.3 Å². The van der Waals surface area contributed by atoms with Crippen molar-refractivity contribution in [3.63, 3.8) is 0 Å². The molecule has 41 heavy (non-hydrogen) atoms. The van der Waals surface area contributed by atoms with E-state index in [1.165, 1.54) is 47.3 Å². The molecule has 0 bridgehead atoms. The lowest BCUT2D eigenvalue weighted by Gasteiger charge is -2.40.